The molecule has 0 radical (unpaired) electrons. The molecular formula is C20H16N2O3. The minimum Gasteiger partial charge on any atom is -0.440 e. The van der Waals surface area contributed by atoms with Crippen molar-refractivity contribution in [2.45, 2.75) is 12.3 Å². The highest BCUT2D eigenvalue weighted by Crippen LogP contribution is 2.41. The molecule has 0 bridgehead atoms. The van der Waals surface area contributed by atoms with Crippen molar-refractivity contribution in [3.8, 4) is 5.75 Å². The molecule has 3 aliphatic rings. The maximum Gasteiger partial charge on any atom is 0.221 e. The Labute approximate surface area is 145 Å². The number of para-hydroxylation sites is 1. The maximum absolute atomic E-state index is 10.7. The summed E-state index contributed by atoms with van der Waals surface area (Å²) >= 11 is 0. The number of ether oxygens (including phenoxy) is 1. The fourth-order valence-electron chi connectivity index (χ4n) is 3.38. The van der Waals surface area contributed by atoms with Crippen molar-refractivity contribution in [1.29, 1.82) is 0 Å². The third-order valence-corrected chi connectivity index (χ3v) is 4.67. The lowest BCUT2D eigenvalue weighted by Gasteiger charge is -2.40. The Morgan fingerprint density at radius 1 is 1.04 bits per heavy atom. The standard InChI is InChI=1S/C20H16N2O3/c23-19-14-8-4-5-9-17(14)24-20-15(19)10-11-18-22(20)12-16(21-25-18)13-6-2-1-3-7-13/h1-11,18-19,23H,12H2. The molecule has 3 aliphatic heterocycles. The second-order valence-electron chi connectivity index (χ2n) is 6.19. The van der Waals surface area contributed by atoms with Crippen LogP contribution in [0.1, 0.15) is 17.2 Å². The van der Waals surface area contributed by atoms with Crippen LogP contribution in [-0.4, -0.2) is 28.5 Å². The molecule has 1 N–H and O–H groups in total. The first-order valence-electron chi connectivity index (χ1n) is 8.23. The van der Waals surface area contributed by atoms with E-state index >= 15 is 0 Å². The predicted molar refractivity (Wildman–Crippen MR) is 92.8 cm³/mol. The minimum atomic E-state index is -0.712. The Hall–Kier alpha value is -3.05. The van der Waals surface area contributed by atoms with Crippen molar-refractivity contribution in [1.82, 2.24) is 4.90 Å². The van der Waals surface area contributed by atoms with Crippen LogP contribution in [0.25, 0.3) is 0 Å². The topological polar surface area (TPSA) is 54.3 Å². The van der Waals surface area contributed by atoms with Gasteiger partial charge in [-0.3, -0.25) is 4.90 Å². The highest BCUT2D eigenvalue weighted by atomic mass is 16.7. The van der Waals surface area contributed by atoms with Crippen molar-refractivity contribution in [3.63, 3.8) is 0 Å². The molecule has 2 aromatic rings. The molecule has 5 rings (SSSR count). The highest BCUT2D eigenvalue weighted by molar-refractivity contribution is 6.02. The quantitative estimate of drug-likeness (QED) is 0.872. The molecule has 2 atom stereocenters. The molecule has 2 unspecified atom stereocenters. The monoisotopic (exact) mass is 332 g/mol. The van der Waals surface area contributed by atoms with Crippen LogP contribution in [0.5, 0.6) is 5.75 Å². The summed E-state index contributed by atoms with van der Waals surface area (Å²) in [6.45, 7) is 0.548. The van der Waals surface area contributed by atoms with Gasteiger partial charge in [0.1, 0.15) is 17.6 Å². The molecule has 0 saturated heterocycles. The molecule has 0 aliphatic carbocycles. The number of benzene rings is 2. The molecule has 2 aromatic carbocycles. The van der Waals surface area contributed by atoms with Crippen LogP contribution in [0.3, 0.4) is 0 Å². The molecule has 25 heavy (non-hydrogen) atoms. The number of aliphatic hydroxyl groups excluding tert-OH is 1. The van der Waals surface area contributed by atoms with Crippen LogP contribution in [0.15, 0.2) is 83.4 Å². The van der Waals surface area contributed by atoms with E-state index in [0.29, 0.717) is 18.2 Å². The van der Waals surface area contributed by atoms with Crippen LogP contribution in [0.2, 0.25) is 0 Å². The lowest BCUT2D eigenvalue weighted by atomic mass is 9.96. The summed E-state index contributed by atoms with van der Waals surface area (Å²) in [6.07, 6.45) is 2.71. The second-order valence-corrected chi connectivity index (χ2v) is 6.19. The van der Waals surface area contributed by atoms with E-state index < -0.39 is 6.10 Å². The van der Waals surface area contributed by atoms with Gasteiger partial charge >= 0.3 is 0 Å². The lowest BCUT2D eigenvalue weighted by Crippen LogP contribution is -2.46. The minimum absolute atomic E-state index is 0.330. The summed E-state index contributed by atoms with van der Waals surface area (Å²) in [5.41, 5.74) is 3.36. The molecule has 0 spiro atoms. The van der Waals surface area contributed by atoms with Gasteiger partial charge < -0.3 is 14.7 Å². The van der Waals surface area contributed by atoms with Crippen molar-refractivity contribution in [2.75, 3.05) is 6.54 Å². The van der Waals surface area contributed by atoms with E-state index in [1.54, 1.807) is 0 Å². The molecule has 3 heterocycles. The third-order valence-electron chi connectivity index (χ3n) is 4.67. The van der Waals surface area contributed by atoms with Gasteiger partial charge in [-0.25, -0.2) is 0 Å². The van der Waals surface area contributed by atoms with Gasteiger partial charge in [0, 0.05) is 16.7 Å². The maximum atomic E-state index is 10.7. The molecule has 0 amide bonds. The summed E-state index contributed by atoms with van der Waals surface area (Å²) in [4.78, 5) is 7.64. The molecule has 0 saturated carbocycles. The van der Waals surface area contributed by atoms with Gasteiger partial charge in [-0.2, -0.15) is 0 Å². The Kier molecular flexibility index (Phi) is 3.15. The van der Waals surface area contributed by atoms with E-state index in [0.717, 1.165) is 22.4 Å². The summed E-state index contributed by atoms with van der Waals surface area (Å²) in [5, 5.41) is 15.0. The summed E-state index contributed by atoms with van der Waals surface area (Å²) in [5.74, 6) is 1.30. The Balaban J connectivity index is 1.53. The normalized spacial score (nSPS) is 23.7. The van der Waals surface area contributed by atoms with Gasteiger partial charge in [0.2, 0.25) is 12.1 Å². The van der Waals surface area contributed by atoms with Crippen LogP contribution in [-0.2, 0) is 4.84 Å². The smallest absolute Gasteiger partial charge is 0.221 e. The zero-order valence-corrected chi connectivity index (χ0v) is 13.4. The van der Waals surface area contributed by atoms with Crippen molar-refractivity contribution >= 4 is 5.71 Å². The average molecular weight is 332 g/mol. The van der Waals surface area contributed by atoms with Crippen LogP contribution >= 0.6 is 0 Å². The van der Waals surface area contributed by atoms with E-state index in [1.165, 1.54) is 0 Å². The van der Waals surface area contributed by atoms with Crippen LogP contribution in [0.4, 0.5) is 0 Å². The Morgan fingerprint density at radius 2 is 1.84 bits per heavy atom. The SMILES string of the molecule is OC1C2=C(Oc3ccccc31)N1CC(c3ccccc3)=NOC1C=C2. The third kappa shape index (κ3) is 2.24. The number of hydrogen-bond acceptors (Lipinski definition) is 5. The first-order valence-corrected chi connectivity index (χ1v) is 8.23. The number of hydrogen-bond donors (Lipinski definition) is 1. The van der Waals surface area contributed by atoms with Gasteiger partial charge in [0.15, 0.2) is 0 Å². The number of fused-ring (bicyclic) bond motifs is 3. The molecule has 5 heteroatoms. The Morgan fingerprint density at radius 3 is 2.72 bits per heavy atom. The Bertz CT molecular complexity index is 918. The van der Waals surface area contributed by atoms with Gasteiger partial charge in [-0.1, -0.05) is 53.7 Å². The van der Waals surface area contributed by atoms with Gasteiger partial charge in [-0.05, 0) is 18.2 Å². The van der Waals surface area contributed by atoms with Crippen LogP contribution < -0.4 is 4.74 Å². The zero-order chi connectivity index (χ0) is 16.8. The largest absolute Gasteiger partial charge is 0.440 e. The number of rotatable bonds is 1. The summed E-state index contributed by atoms with van der Waals surface area (Å²) < 4.78 is 6.12. The fourth-order valence-corrected chi connectivity index (χ4v) is 3.38. The number of nitrogens with zero attached hydrogens (tertiary/aromatic N) is 2. The fraction of sp³-hybridized carbons (Fsp3) is 0.150. The van der Waals surface area contributed by atoms with E-state index in [4.69, 9.17) is 9.57 Å². The van der Waals surface area contributed by atoms with Gasteiger partial charge in [0.05, 0.1) is 6.54 Å². The van der Waals surface area contributed by atoms with E-state index in [9.17, 15) is 5.11 Å². The zero-order valence-electron chi connectivity index (χ0n) is 13.4. The van der Waals surface area contributed by atoms with Gasteiger partial charge in [0.25, 0.3) is 0 Å². The molecule has 0 fully saturated rings. The highest BCUT2D eigenvalue weighted by Gasteiger charge is 2.38. The van der Waals surface area contributed by atoms with Crippen LogP contribution in [0, 0.1) is 0 Å². The van der Waals surface area contributed by atoms with E-state index in [1.807, 2.05) is 71.6 Å². The first kappa shape index (κ1) is 14.3. The number of oxime groups is 1. The molecule has 124 valence electrons. The first-order chi connectivity index (χ1) is 12.3. The van der Waals surface area contributed by atoms with E-state index in [-0.39, 0.29) is 6.23 Å². The van der Waals surface area contributed by atoms with Gasteiger partial charge in [-0.15, -0.1) is 0 Å². The predicted octanol–water partition coefficient (Wildman–Crippen LogP) is 2.96. The van der Waals surface area contributed by atoms with Crippen molar-refractivity contribution in [3.05, 3.63) is 89.3 Å². The lowest BCUT2D eigenvalue weighted by molar-refractivity contribution is -0.0387. The second kappa shape index (κ2) is 5.50. The van der Waals surface area contributed by atoms with Crippen molar-refractivity contribution < 1.29 is 14.7 Å². The van der Waals surface area contributed by atoms with Crippen molar-refractivity contribution in [2.24, 2.45) is 5.16 Å². The molecule has 5 nitrogen and oxygen atoms in total. The summed E-state index contributed by atoms with van der Waals surface area (Å²) in [7, 11) is 0. The molecular weight excluding hydrogens is 316 g/mol. The van der Waals surface area contributed by atoms with E-state index in [2.05, 4.69) is 5.16 Å². The average Bonchev–Trinajstić information content (AvgIpc) is 2.68. The summed E-state index contributed by atoms with van der Waals surface area (Å²) in [6, 6.07) is 17.5. The number of aliphatic hydroxyl groups is 1. The molecule has 0 aromatic heterocycles.